The highest BCUT2D eigenvalue weighted by molar-refractivity contribution is 5.80. The second-order valence-corrected chi connectivity index (χ2v) is 8.12. The van der Waals surface area contributed by atoms with Crippen LogP contribution in [0.2, 0.25) is 0 Å². The van der Waals surface area contributed by atoms with Gasteiger partial charge in [0.05, 0.1) is 6.42 Å². The number of benzene rings is 1. The lowest BCUT2D eigenvalue weighted by Crippen LogP contribution is -2.47. The topological polar surface area (TPSA) is 148 Å². The minimum atomic E-state index is -1.66. The maximum Gasteiger partial charge on any atom is 0.324 e. The standard InChI is InChI=1S/C24H35N2O7/c1-5-15(3)21(25)23(29)32-18(12-20(28)31-14-17-10-8-7-9-11-17)19(13-27)33-24(30)22(26)16(4)6-2/h7-11,15-16,18-19,21-22H,5-6,12,14,25-26H2,1-4H3/t15-,16-,18?,19?,21-,22-/m0/s1. The third kappa shape index (κ3) is 9.31. The molecule has 9 nitrogen and oxygen atoms in total. The molecular formula is C24H35N2O7. The second-order valence-electron chi connectivity index (χ2n) is 8.12. The van der Waals surface area contributed by atoms with Crippen LogP contribution in [0.4, 0.5) is 0 Å². The van der Waals surface area contributed by atoms with Crippen LogP contribution in [0.3, 0.4) is 0 Å². The van der Waals surface area contributed by atoms with Gasteiger partial charge >= 0.3 is 17.9 Å². The molecule has 0 aliphatic rings. The quantitative estimate of drug-likeness (QED) is 0.311. The van der Waals surface area contributed by atoms with Crippen molar-refractivity contribution in [1.29, 1.82) is 0 Å². The molecule has 0 amide bonds. The molecule has 1 radical (unpaired) electrons. The van der Waals surface area contributed by atoms with Gasteiger partial charge in [0.1, 0.15) is 18.7 Å². The normalized spacial score (nSPS) is 16.4. The Hall–Kier alpha value is -2.78. The summed E-state index contributed by atoms with van der Waals surface area (Å²) in [4.78, 5) is 48.9. The number of ether oxygens (including phenoxy) is 3. The molecule has 4 N–H and O–H groups in total. The van der Waals surface area contributed by atoms with Gasteiger partial charge in [-0.3, -0.25) is 19.2 Å². The van der Waals surface area contributed by atoms with Gasteiger partial charge in [0.15, 0.2) is 6.10 Å². The number of carbonyl (C=O) groups is 3. The molecule has 33 heavy (non-hydrogen) atoms. The average Bonchev–Trinajstić information content (AvgIpc) is 2.83. The second kappa shape index (κ2) is 14.4. The van der Waals surface area contributed by atoms with E-state index in [1.165, 1.54) is 6.29 Å². The molecule has 0 heterocycles. The lowest BCUT2D eigenvalue weighted by atomic mass is 10.00. The van der Waals surface area contributed by atoms with Crippen molar-refractivity contribution in [3.63, 3.8) is 0 Å². The Balaban J connectivity index is 2.95. The van der Waals surface area contributed by atoms with Crippen molar-refractivity contribution >= 4 is 24.2 Å². The number of nitrogens with two attached hydrogens (primary N) is 2. The third-order valence-electron chi connectivity index (χ3n) is 5.63. The number of rotatable bonds is 14. The Morgan fingerprint density at radius 2 is 1.42 bits per heavy atom. The maximum absolute atomic E-state index is 12.5. The summed E-state index contributed by atoms with van der Waals surface area (Å²) in [5.74, 6) is -2.85. The van der Waals surface area contributed by atoms with E-state index in [1.807, 2.05) is 19.9 Å². The fourth-order valence-electron chi connectivity index (χ4n) is 2.75. The number of hydrogen-bond acceptors (Lipinski definition) is 9. The molecule has 0 aromatic heterocycles. The summed E-state index contributed by atoms with van der Waals surface area (Å²) in [5.41, 5.74) is 12.5. The fourth-order valence-corrected chi connectivity index (χ4v) is 2.75. The first-order valence-corrected chi connectivity index (χ1v) is 11.1. The molecule has 1 aromatic carbocycles. The van der Waals surface area contributed by atoms with Gasteiger partial charge in [-0.2, -0.15) is 0 Å². The van der Waals surface area contributed by atoms with Crippen LogP contribution in [0, 0.1) is 11.8 Å². The van der Waals surface area contributed by atoms with Gasteiger partial charge in [0.25, 0.3) is 0 Å². The van der Waals surface area contributed by atoms with Crippen LogP contribution < -0.4 is 11.5 Å². The van der Waals surface area contributed by atoms with Crippen molar-refractivity contribution in [3.05, 3.63) is 35.9 Å². The highest BCUT2D eigenvalue weighted by Gasteiger charge is 2.36. The smallest absolute Gasteiger partial charge is 0.324 e. The van der Waals surface area contributed by atoms with E-state index in [2.05, 4.69) is 0 Å². The van der Waals surface area contributed by atoms with Crippen molar-refractivity contribution in [2.45, 2.75) is 77.9 Å². The van der Waals surface area contributed by atoms with Crippen LogP contribution in [-0.2, 0) is 40.0 Å². The lowest BCUT2D eigenvalue weighted by molar-refractivity contribution is -0.170. The van der Waals surface area contributed by atoms with Crippen LogP contribution in [-0.4, -0.2) is 48.5 Å². The minimum Gasteiger partial charge on any atom is -0.461 e. The first-order chi connectivity index (χ1) is 15.6. The van der Waals surface area contributed by atoms with E-state index in [9.17, 15) is 19.2 Å². The molecule has 1 rings (SSSR count). The molecule has 2 unspecified atom stereocenters. The van der Waals surface area contributed by atoms with Crippen LogP contribution in [0.5, 0.6) is 0 Å². The van der Waals surface area contributed by atoms with Crippen LogP contribution in [0.25, 0.3) is 0 Å². The van der Waals surface area contributed by atoms with Crippen LogP contribution in [0.1, 0.15) is 52.5 Å². The molecule has 0 spiro atoms. The molecule has 0 fully saturated rings. The molecule has 0 saturated heterocycles. The van der Waals surface area contributed by atoms with Gasteiger partial charge in [-0.25, -0.2) is 0 Å². The van der Waals surface area contributed by atoms with E-state index >= 15 is 0 Å². The highest BCUT2D eigenvalue weighted by atomic mass is 16.6. The Bertz CT molecular complexity index is 771. The van der Waals surface area contributed by atoms with Crippen molar-refractivity contribution in [2.24, 2.45) is 23.3 Å². The summed E-state index contributed by atoms with van der Waals surface area (Å²) in [6.45, 7) is 7.22. The zero-order chi connectivity index (χ0) is 25.0. The zero-order valence-electron chi connectivity index (χ0n) is 19.7. The molecule has 0 saturated carbocycles. The maximum atomic E-state index is 12.5. The molecule has 6 atom stereocenters. The first kappa shape index (κ1) is 28.3. The third-order valence-corrected chi connectivity index (χ3v) is 5.63. The summed E-state index contributed by atoms with van der Waals surface area (Å²) in [6.07, 6.45) is -0.888. The molecule has 1 aromatic rings. The molecule has 9 heteroatoms. The molecule has 0 bridgehead atoms. The summed E-state index contributed by atoms with van der Waals surface area (Å²) in [6, 6.07) is 6.98. The van der Waals surface area contributed by atoms with Crippen LogP contribution >= 0.6 is 0 Å². The van der Waals surface area contributed by atoms with Crippen molar-refractivity contribution < 1.29 is 33.4 Å². The predicted octanol–water partition coefficient (Wildman–Crippen LogP) is 1.80. The fraction of sp³-hybridized carbons (Fsp3) is 0.583. The van der Waals surface area contributed by atoms with Gasteiger partial charge in [-0.15, -0.1) is 0 Å². The van der Waals surface area contributed by atoms with Crippen molar-refractivity contribution in [2.75, 3.05) is 0 Å². The monoisotopic (exact) mass is 463 g/mol. The predicted molar refractivity (Wildman–Crippen MR) is 121 cm³/mol. The van der Waals surface area contributed by atoms with Gasteiger partial charge in [0.2, 0.25) is 12.4 Å². The molecule has 183 valence electrons. The number of esters is 3. The zero-order valence-corrected chi connectivity index (χ0v) is 19.7. The largest absolute Gasteiger partial charge is 0.461 e. The SMILES string of the molecule is CC[C@H](C)[C@H](N)C(=O)OC([C]=O)C(CC(=O)OCc1ccccc1)OC(=O)[C@@H](N)[C@@H](C)CC. The van der Waals surface area contributed by atoms with Gasteiger partial charge in [-0.1, -0.05) is 70.9 Å². The lowest BCUT2D eigenvalue weighted by Gasteiger charge is -2.26. The average molecular weight is 464 g/mol. The number of hydrogen-bond donors (Lipinski definition) is 2. The van der Waals surface area contributed by atoms with E-state index in [0.29, 0.717) is 12.8 Å². The Morgan fingerprint density at radius 1 is 0.909 bits per heavy atom. The van der Waals surface area contributed by atoms with Crippen molar-refractivity contribution in [1.82, 2.24) is 0 Å². The van der Waals surface area contributed by atoms with Gasteiger partial charge in [0, 0.05) is 0 Å². The molecule has 0 aliphatic heterocycles. The van der Waals surface area contributed by atoms with Gasteiger partial charge < -0.3 is 25.7 Å². The van der Waals surface area contributed by atoms with Gasteiger partial charge in [-0.05, 0) is 17.4 Å². The Labute approximate surface area is 195 Å². The first-order valence-electron chi connectivity index (χ1n) is 11.1. The molecule has 0 aliphatic carbocycles. The van der Waals surface area contributed by atoms with Crippen molar-refractivity contribution in [3.8, 4) is 0 Å². The minimum absolute atomic E-state index is 0.0130. The van der Waals surface area contributed by atoms with E-state index < -0.39 is 48.6 Å². The summed E-state index contributed by atoms with van der Waals surface area (Å²) in [5, 5.41) is 0. The summed E-state index contributed by atoms with van der Waals surface area (Å²) < 4.78 is 15.7. The highest BCUT2D eigenvalue weighted by Crippen LogP contribution is 2.16. The number of carbonyl (C=O) groups excluding carboxylic acids is 4. The molecular weight excluding hydrogens is 428 g/mol. The van der Waals surface area contributed by atoms with E-state index in [0.717, 1.165) is 5.56 Å². The van der Waals surface area contributed by atoms with E-state index in [-0.39, 0.29) is 18.4 Å². The Morgan fingerprint density at radius 3 is 1.91 bits per heavy atom. The van der Waals surface area contributed by atoms with E-state index in [4.69, 9.17) is 25.7 Å². The summed E-state index contributed by atoms with van der Waals surface area (Å²) >= 11 is 0. The van der Waals surface area contributed by atoms with E-state index in [1.54, 1.807) is 38.1 Å². The summed E-state index contributed by atoms with van der Waals surface area (Å²) in [7, 11) is 0. The van der Waals surface area contributed by atoms with Crippen LogP contribution in [0.15, 0.2) is 30.3 Å². The Kier molecular flexibility index (Phi) is 12.3.